The molecule has 0 saturated carbocycles. The number of rotatable bonds is 7. The van der Waals surface area contributed by atoms with Gasteiger partial charge < -0.3 is 19.2 Å². The summed E-state index contributed by atoms with van der Waals surface area (Å²) in [4.78, 5) is 13.2. The highest BCUT2D eigenvalue weighted by Crippen LogP contribution is 2.50. The van der Waals surface area contributed by atoms with Crippen molar-refractivity contribution in [2.24, 2.45) is 0 Å². The molecule has 0 radical (unpaired) electrons. The summed E-state index contributed by atoms with van der Waals surface area (Å²) in [6.45, 7) is 5.56. The zero-order valence-electron chi connectivity index (χ0n) is 20.3. The largest absolute Gasteiger partial charge is 0.497 e. The summed E-state index contributed by atoms with van der Waals surface area (Å²) in [7, 11) is -4.03. The number of carbonyl (C=O) groups excluding carboxylic acids is 1. The van der Waals surface area contributed by atoms with E-state index in [1.807, 2.05) is 19.6 Å². The van der Waals surface area contributed by atoms with Crippen molar-refractivity contribution in [1.29, 1.82) is 0 Å². The highest BCUT2D eigenvalue weighted by Gasteiger charge is 2.54. The smallest absolute Gasteiger partial charge is 0.265 e. The van der Waals surface area contributed by atoms with E-state index in [1.165, 1.54) is 62.8 Å². The van der Waals surface area contributed by atoms with Crippen molar-refractivity contribution in [2.75, 3.05) is 19.5 Å². The Balaban J connectivity index is 2.04. The van der Waals surface area contributed by atoms with E-state index in [9.17, 15) is 13.2 Å². The van der Waals surface area contributed by atoms with Crippen LogP contribution in [0.1, 0.15) is 11.1 Å². The molecule has 1 atom stereocenters. The lowest BCUT2D eigenvalue weighted by Crippen LogP contribution is -2.46. The Bertz CT molecular complexity index is 1470. The minimum Gasteiger partial charge on any atom is -0.497 e. The molecule has 4 rings (SSSR count). The maximum Gasteiger partial charge on any atom is 0.265 e. The second-order valence-electron chi connectivity index (χ2n) is 9.18. The molecule has 1 N–H and O–H groups in total. The number of hydrogen-bond acceptors (Lipinski definition) is 6. The molecule has 1 unspecified atom stereocenters. The van der Waals surface area contributed by atoms with Crippen molar-refractivity contribution >= 4 is 41.4 Å². The summed E-state index contributed by atoms with van der Waals surface area (Å²) in [5.41, 5.74) is -1.86. The first-order chi connectivity index (χ1) is 16.8. The fraction of sp³-hybridized carbons (Fsp3) is 0.240. The average molecular weight is 550 g/mol. The normalized spacial score (nSPS) is 17.5. The second-order valence-corrected chi connectivity index (χ2v) is 15.9. The van der Waals surface area contributed by atoms with E-state index in [4.69, 9.17) is 25.5 Å². The molecule has 1 aliphatic rings. The number of fused-ring (bicyclic) bond motifs is 1. The van der Waals surface area contributed by atoms with Gasteiger partial charge in [0, 0.05) is 22.2 Å². The molecular weight excluding hydrogens is 525 g/mol. The summed E-state index contributed by atoms with van der Waals surface area (Å²) >= 11 is 6.42. The van der Waals surface area contributed by atoms with E-state index in [1.54, 1.807) is 6.07 Å². The summed E-state index contributed by atoms with van der Waals surface area (Å²) in [6.07, 6.45) is 0. The fourth-order valence-electron chi connectivity index (χ4n) is 4.27. The molecule has 0 fully saturated rings. The summed E-state index contributed by atoms with van der Waals surface area (Å²) < 4.78 is 59.8. The molecule has 0 bridgehead atoms. The molecule has 3 aromatic carbocycles. The van der Waals surface area contributed by atoms with E-state index in [-0.39, 0.29) is 37.4 Å². The zero-order valence-corrected chi connectivity index (χ0v) is 22.9. The number of amides is 1. The minimum atomic E-state index is -4.28. The number of anilines is 1. The molecule has 190 valence electrons. The van der Waals surface area contributed by atoms with E-state index >= 15 is 4.39 Å². The number of benzene rings is 3. The van der Waals surface area contributed by atoms with Gasteiger partial charge in [-0.15, -0.1) is 0 Å². The first-order valence-electron chi connectivity index (χ1n) is 10.9. The molecule has 1 heterocycles. The summed E-state index contributed by atoms with van der Waals surface area (Å²) in [5, 5.41) is 2.69. The Kier molecular flexibility index (Phi) is 6.67. The molecule has 0 saturated heterocycles. The van der Waals surface area contributed by atoms with Crippen molar-refractivity contribution in [2.45, 2.75) is 35.0 Å². The van der Waals surface area contributed by atoms with Crippen molar-refractivity contribution < 1.29 is 31.5 Å². The third-order valence-corrected chi connectivity index (χ3v) is 8.62. The number of methoxy groups -OCH3 is 2. The lowest BCUT2D eigenvalue weighted by molar-refractivity contribution is -0.128. The van der Waals surface area contributed by atoms with Crippen LogP contribution in [0.5, 0.6) is 11.5 Å². The van der Waals surface area contributed by atoms with Crippen molar-refractivity contribution in [3.05, 3.63) is 76.6 Å². The van der Waals surface area contributed by atoms with E-state index < -0.39 is 35.5 Å². The van der Waals surface area contributed by atoms with Crippen LogP contribution in [0.25, 0.3) is 0 Å². The monoisotopic (exact) mass is 549 g/mol. The third kappa shape index (κ3) is 4.28. The van der Waals surface area contributed by atoms with Gasteiger partial charge in [-0.2, -0.15) is 0 Å². The fourth-order valence-corrected chi connectivity index (χ4v) is 7.39. The van der Waals surface area contributed by atoms with Gasteiger partial charge in [-0.25, -0.2) is 12.8 Å². The summed E-state index contributed by atoms with van der Waals surface area (Å²) in [5.74, 6) is -0.922. The van der Waals surface area contributed by atoms with Crippen molar-refractivity contribution in [3.63, 3.8) is 0 Å². The van der Waals surface area contributed by atoms with Crippen LogP contribution in [0.3, 0.4) is 0 Å². The quantitative estimate of drug-likeness (QED) is 0.398. The SMILES string of the molecule is COc1ccc(S(=O)(=O)c2cc(Cl)cc3c2NC(=O)C3(O[Si](C)(C)C)c2ccccc2F)c(OC)c1. The molecule has 1 amide bonds. The first-order valence-corrected chi connectivity index (χ1v) is 16.2. The molecule has 3 aromatic rings. The number of ether oxygens (including phenoxy) is 2. The van der Waals surface area contributed by atoms with Gasteiger partial charge in [0.25, 0.3) is 5.91 Å². The molecule has 0 spiro atoms. The number of nitrogens with one attached hydrogen (secondary N) is 1. The number of hydrogen-bond donors (Lipinski definition) is 1. The predicted molar refractivity (Wildman–Crippen MR) is 137 cm³/mol. The number of sulfone groups is 1. The Morgan fingerprint density at radius 3 is 2.25 bits per heavy atom. The Morgan fingerprint density at radius 2 is 1.64 bits per heavy atom. The van der Waals surface area contributed by atoms with Gasteiger partial charge in [0.2, 0.25) is 9.84 Å². The molecular formula is C25H25ClFNO6SSi. The van der Waals surface area contributed by atoms with Gasteiger partial charge in [0.15, 0.2) is 13.9 Å². The molecule has 36 heavy (non-hydrogen) atoms. The first kappa shape index (κ1) is 26.1. The topological polar surface area (TPSA) is 90.9 Å². The predicted octanol–water partition coefficient (Wildman–Crippen LogP) is 5.38. The number of halogens is 2. The van der Waals surface area contributed by atoms with Crippen molar-refractivity contribution in [3.8, 4) is 11.5 Å². The Hall–Kier alpha value is -2.92. The van der Waals surface area contributed by atoms with Crippen LogP contribution in [-0.4, -0.2) is 36.9 Å². The molecule has 1 aliphatic heterocycles. The van der Waals surface area contributed by atoms with Crippen LogP contribution in [0.15, 0.2) is 64.4 Å². The van der Waals surface area contributed by atoms with Crippen LogP contribution < -0.4 is 14.8 Å². The van der Waals surface area contributed by atoms with Crippen LogP contribution >= 0.6 is 11.6 Å². The van der Waals surface area contributed by atoms with Crippen LogP contribution in [0.4, 0.5) is 10.1 Å². The molecule has 7 nitrogen and oxygen atoms in total. The van der Waals surface area contributed by atoms with Gasteiger partial charge in [-0.3, -0.25) is 4.79 Å². The summed E-state index contributed by atoms with van der Waals surface area (Å²) in [6, 6.07) is 12.7. The van der Waals surface area contributed by atoms with E-state index in [0.29, 0.717) is 5.75 Å². The van der Waals surface area contributed by atoms with Crippen LogP contribution in [0, 0.1) is 5.82 Å². The standard InChI is InChI=1S/C25H25ClFNO6SSi/c1-32-16-10-11-21(20(14-16)33-2)35(30,31)22-13-15(26)12-18-23(22)28-24(29)25(18,34-36(3,4)5)17-8-6-7-9-19(17)27/h6-14H,1-5H3,(H,28,29). The highest BCUT2D eigenvalue weighted by atomic mass is 35.5. The average Bonchev–Trinajstić information content (AvgIpc) is 3.08. The van der Waals surface area contributed by atoms with Crippen LogP contribution in [-0.2, 0) is 24.7 Å². The van der Waals surface area contributed by atoms with Gasteiger partial charge in [0.05, 0.1) is 24.8 Å². The second kappa shape index (κ2) is 9.18. The Labute approximate surface area is 215 Å². The number of carbonyl (C=O) groups is 1. The maximum absolute atomic E-state index is 15.2. The lowest BCUT2D eigenvalue weighted by atomic mass is 9.87. The van der Waals surface area contributed by atoms with E-state index in [2.05, 4.69) is 5.32 Å². The highest BCUT2D eigenvalue weighted by molar-refractivity contribution is 7.91. The molecule has 0 aliphatic carbocycles. The van der Waals surface area contributed by atoms with Crippen molar-refractivity contribution in [1.82, 2.24) is 0 Å². The zero-order chi connectivity index (χ0) is 26.5. The van der Waals surface area contributed by atoms with Gasteiger partial charge in [-0.05, 0) is 50.0 Å². The molecule has 11 heteroatoms. The van der Waals surface area contributed by atoms with Crippen LogP contribution in [0.2, 0.25) is 24.7 Å². The van der Waals surface area contributed by atoms with E-state index in [0.717, 1.165) is 0 Å². The maximum atomic E-state index is 15.2. The third-order valence-electron chi connectivity index (χ3n) is 5.67. The minimum absolute atomic E-state index is 0.0243. The van der Waals surface area contributed by atoms with Gasteiger partial charge in [0.1, 0.15) is 22.2 Å². The Morgan fingerprint density at radius 1 is 0.944 bits per heavy atom. The van der Waals surface area contributed by atoms with Gasteiger partial charge >= 0.3 is 0 Å². The lowest BCUT2D eigenvalue weighted by Gasteiger charge is -2.35. The van der Waals surface area contributed by atoms with Gasteiger partial charge in [-0.1, -0.05) is 29.8 Å². The molecule has 0 aromatic heterocycles.